The molecule has 1 aliphatic carbocycles. The van der Waals surface area contributed by atoms with E-state index in [1.54, 1.807) is 0 Å². The lowest BCUT2D eigenvalue weighted by Gasteiger charge is -2.43. The van der Waals surface area contributed by atoms with E-state index < -0.39 is 17.4 Å². The molecule has 3 rings (SSSR count). The maximum absolute atomic E-state index is 14.5. The molecule has 0 radical (unpaired) electrons. The molecule has 1 unspecified atom stereocenters. The zero-order valence-corrected chi connectivity index (χ0v) is 14.1. The number of hydrogen-bond acceptors (Lipinski definition) is 3. The van der Waals surface area contributed by atoms with E-state index in [9.17, 15) is 18.7 Å². The van der Waals surface area contributed by atoms with Crippen molar-refractivity contribution >= 4 is 11.6 Å². The first-order valence-corrected chi connectivity index (χ1v) is 8.45. The molecule has 0 bridgehead atoms. The van der Waals surface area contributed by atoms with Crippen molar-refractivity contribution in [3.63, 3.8) is 0 Å². The van der Waals surface area contributed by atoms with E-state index >= 15 is 0 Å². The molecule has 6 heteroatoms. The Morgan fingerprint density at radius 1 is 1.33 bits per heavy atom. The average molecular weight is 338 g/mol. The number of carbonyl (C=O) groups excluding carboxylic acids is 1. The first-order chi connectivity index (χ1) is 11.3. The van der Waals surface area contributed by atoms with Crippen LogP contribution >= 0.6 is 0 Å². The number of nitrogens with zero attached hydrogens (tertiary/aromatic N) is 2. The first-order valence-electron chi connectivity index (χ1n) is 8.45. The molecule has 1 saturated heterocycles. The highest BCUT2D eigenvalue weighted by Crippen LogP contribution is 2.47. The second kappa shape index (κ2) is 5.99. The normalized spacial score (nSPS) is 23.0. The van der Waals surface area contributed by atoms with Crippen LogP contribution in [0.5, 0.6) is 0 Å². The van der Waals surface area contributed by atoms with Gasteiger partial charge in [0.15, 0.2) is 0 Å². The molecule has 2 aliphatic rings. The van der Waals surface area contributed by atoms with Crippen molar-refractivity contribution in [2.75, 3.05) is 25.5 Å². The van der Waals surface area contributed by atoms with Gasteiger partial charge in [0.1, 0.15) is 5.60 Å². The number of benzene rings is 1. The summed E-state index contributed by atoms with van der Waals surface area (Å²) in [5, 5.41) is 10.0. The van der Waals surface area contributed by atoms with Gasteiger partial charge in [-0.05, 0) is 49.8 Å². The second-order valence-electron chi connectivity index (χ2n) is 7.11. The molecule has 0 aromatic heterocycles. The number of halogens is 2. The van der Waals surface area contributed by atoms with Crippen molar-refractivity contribution in [1.29, 1.82) is 0 Å². The van der Waals surface area contributed by atoms with Crippen LogP contribution in [0.15, 0.2) is 24.3 Å². The lowest BCUT2D eigenvalue weighted by Crippen LogP contribution is -2.61. The fraction of sp³-hybridized carbons (Fsp3) is 0.611. The number of likely N-dealkylation sites (tertiary alicyclic amines) is 1. The Balaban J connectivity index is 1.85. The molecule has 1 saturated carbocycles. The largest absolute Gasteiger partial charge is 0.383 e. The molecule has 1 heterocycles. The van der Waals surface area contributed by atoms with Crippen LogP contribution in [0.4, 0.5) is 14.5 Å². The summed E-state index contributed by atoms with van der Waals surface area (Å²) in [5.41, 5.74) is -0.331. The number of rotatable bonds is 4. The number of aliphatic hydroxyl groups is 1. The molecule has 2 fully saturated rings. The van der Waals surface area contributed by atoms with Crippen molar-refractivity contribution in [3.8, 4) is 0 Å². The van der Waals surface area contributed by atoms with E-state index in [-0.39, 0.29) is 18.9 Å². The summed E-state index contributed by atoms with van der Waals surface area (Å²) in [6, 6.07) is 7.28. The smallest absolute Gasteiger partial charge is 0.352 e. The fourth-order valence-corrected chi connectivity index (χ4v) is 3.57. The van der Waals surface area contributed by atoms with E-state index in [0.29, 0.717) is 25.8 Å². The van der Waals surface area contributed by atoms with Gasteiger partial charge in [-0.15, -0.1) is 0 Å². The lowest BCUT2D eigenvalue weighted by atomic mass is 9.75. The van der Waals surface area contributed by atoms with E-state index in [0.717, 1.165) is 11.3 Å². The minimum absolute atomic E-state index is 0.0135. The fourth-order valence-electron chi connectivity index (χ4n) is 3.57. The van der Waals surface area contributed by atoms with Crippen molar-refractivity contribution in [2.45, 2.75) is 49.7 Å². The topological polar surface area (TPSA) is 43.8 Å². The maximum Gasteiger partial charge on any atom is 0.352 e. The molecule has 0 spiro atoms. The molecule has 1 amide bonds. The SMILES string of the molecule is CN(C)c1cccc(C2CCCN2C(=O)C(F)(F)C2(O)CCC2)c1. The number of carbonyl (C=O) groups is 1. The third-order valence-electron chi connectivity index (χ3n) is 5.32. The third-order valence-corrected chi connectivity index (χ3v) is 5.32. The Morgan fingerprint density at radius 2 is 2.04 bits per heavy atom. The van der Waals surface area contributed by atoms with Crippen molar-refractivity contribution in [3.05, 3.63) is 29.8 Å². The van der Waals surface area contributed by atoms with Gasteiger partial charge in [0.05, 0.1) is 6.04 Å². The summed E-state index contributed by atoms with van der Waals surface area (Å²) in [5.74, 6) is -4.95. The highest BCUT2D eigenvalue weighted by molar-refractivity contribution is 5.86. The van der Waals surface area contributed by atoms with Gasteiger partial charge in [0, 0.05) is 26.3 Å². The molecule has 24 heavy (non-hydrogen) atoms. The zero-order chi connectivity index (χ0) is 17.5. The van der Waals surface area contributed by atoms with Crippen LogP contribution in [0.1, 0.15) is 43.7 Å². The quantitative estimate of drug-likeness (QED) is 0.918. The van der Waals surface area contributed by atoms with Gasteiger partial charge < -0.3 is 14.9 Å². The standard InChI is InChI=1S/C18H24F2N2O2/c1-21(2)14-7-3-6-13(12-14)15-8-4-11-22(15)16(23)18(19,20)17(24)9-5-10-17/h3,6-7,12,15,24H,4-5,8-11H2,1-2H3. The minimum atomic E-state index is -3.72. The van der Waals surface area contributed by atoms with E-state index in [2.05, 4.69) is 0 Å². The second-order valence-corrected chi connectivity index (χ2v) is 7.11. The highest BCUT2D eigenvalue weighted by atomic mass is 19.3. The molecular weight excluding hydrogens is 314 g/mol. The summed E-state index contributed by atoms with van der Waals surface area (Å²) in [4.78, 5) is 15.7. The van der Waals surface area contributed by atoms with E-state index in [1.165, 1.54) is 4.90 Å². The first kappa shape index (κ1) is 17.1. The summed E-state index contributed by atoms with van der Waals surface area (Å²) in [7, 11) is 3.83. The van der Waals surface area contributed by atoms with Crippen molar-refractivity contribution < 1.29 is 18.7 Å². The summed E-state index contributed by atoms with van der Waals surface area (Å²) >= 11 is 0. The average Bonchev–Trinajstić information content (AvgIpc) is 3.01. The van der Waals surface area contributed by atoms with E-state index in [1.807, 2.05) is 43.3 Å². The van der Waals surface area contributed by atoms with Crippen LogP contribution in [0.3, 0.4) is 0 Å². The molecule has 1 aromatic carbocycles. The Labute approximate surface area is 141 Å². The van der Waals surface area contributed by atoms with Crippen LogP contribution < -0.4 is 4.90 Å². The minimum Gasteiger partial charge on any atom is -0.383 e. The molecule has 1 aliphatic heterocycles. The molecular formula is C18H24F2N2O2. The monoisotopic (exact) mass is 338 g/mol. The van der Waals surface area contributed by atoms with Crippen molar-refractivity contribution in [1.82, 2.24) is 4.90 Å². The lowest BCUT2D eigenvalue weighted by molar-refractivity contribution is -0.224. The van der Waals surface area contributed by atoms with Crippen LogP contribution in [0, 0.1) is 0 Å². The van der Waals surface area contributed by atoms with Gasteiger partial charge in [-0.1, -0.05) is 12.1 Å². The predicted octanol–water partition coefficient (Wildman–Crippen LogP) is 2.97. The van der Waals surface area contributed by atoms with Gasteiger partial charge in [-0.3, -0.25) is 4.79 Å². The van der Waals surface area contributed by atoms with Crippen LogP contribution in [0.25, 0.3) is 0 Å². The Bertz CT molecular complexity index is 629. The highest BCUT2D eigenvalue weighted by Gasteiger charge is 2.63. The van der Waals surface area contributed by atoms with Gasteiger partial charge in [0.25, 0.3) is 5.91 Å². The Hall–Kier alpha value is -1.69. The molecule has 1 N–H and O–H groups in total. The molecule has 132 valence electrons. The van der Waals surface area contributed by atoms with Gasteiger partial charge in [-0.25, -0.2) is 0 Å². The molecule has 1 atom stereocenters. The van der Waals surface area contributed by atoms with Crippen LogP contribution in [-0.4, -0.2) is 48.1 Å². The van der Waals surface area contributed by atoms with E-state index in [4.69, 9.17) is 0 Å². The molecule has 1 aromatic rings. The van der Waals surface area contributed by atoms with Gasteiger partial charge >= 0.3 is 5.92 Å². The Kier molecular flexibility index (Phi) is 4.28. The van der Waals surface area contributed by atoms with Gasteiger partial charge in [-0.2, -0.15) is 8.78 Å². The summed E-state index contributed by atoms with van der Waals surface area (Å²) < 4.78 is 29.1. The number of anilines is 1. The summed E-state index contributed by atoms with van der Waals surface area (Å²) in [6.07, 6.45) is 1.86. The Morgan fingerprint density at radius 3 is 2.62 bits per heavy atom. The number of hydrogen-bond donors (Lipinski definition) is 1. The number of alkyl halides is 2. The zero-order valence-electron chi connectivity index (χ0n) is 14.1. The maximum atomic E-state index is 14.5. The predicted molar refractivity (Wildman–Crippen MR) is 88.2 cm³/mol. The summed E-state index contributed by atoms with van der Waals surface area (Å²) in [6.45, 7) is 0.307. The van der Waals surface area contributed by atoms with Crippen LogP contribution in [-0.2, 0) is 4.79 Å². The third kappa shape index (κ3) is 2.66. The van der Waals surface area contributed by atoms with Crippen LogP contribution in [0.2, 0.25) is 0 Å². The molecule has 4 nitrogen and oxygen atoms in total. The number of amides is 1. The van der Waals surface area contributed by atoms with Gasteiger partial charge in [0.2, 0.25) is 0 Å². The van der Waals surface area contributed by atoms with Crippen molar-refractivity contribution in [2.24, 2.45) is 0 Å².